The van der Waals surface area contributed by atoms with Crippen LogP contribution in [-0.4, -0.2) is 11.2 Å². The molecule has 0 spiro atoms. The number of aliphatic hydroxyl groups is 1. The molecule has 2 nitrogen and oxygen atoms in total. The molecule has 1 saturated carbocycles. The van der Waals surface area contributed by atoms with Gasteiger partial charge in [-0.1, -0.05) is 34.6 Å². The molecule has 0 aromatic rings. The molecule has 1 unspecified atom stereocenters. The van der Waals surface area contributed by atoms with Crippen molar-refractivity contribution in [3.05, 3.63) is 0 Å². The van der Waals surface area contributed by atoms with E-state index < -0.39 is 11.5 Å². The van der Waals surface area contributed by atoms with Crippen molar-refractivity contribution in [3.63, 3.8) is 0 Å². The first kappa shape index (κ1) is 14.5. The highest BCUT2D eigenvalue weighted by atomic mass is 16.3. The van der Waals surface area contributed by atoms with Crippen LogP contribution in [0.2, 0.25) is 0 Å². The van der Waals surface area contributed by atoms with E-state index in [9.17, 15) is 10.4 Å². The Kier molecular flexibility index (Phi) is 4.25. The fourth-order valence-corrected chi connectivity index (χ4v) is 3.11. The number of nitrogens with zero attached hydrogens (tertiary/aromatic N) is 1. The molecule has 0 aliphatic heterocycles. The number of aliphatic hydroxyl groups excluding tert-OH is 1. The van der Waals surface area contributed by atoms with Gasteiger partial charge in [0.25, 0.3) is 0 Å². The van der Waals surface area contributed by atoms with Crippen molar-refractivity contribution < 1.29 is 5.11 Å². The van der Waals surface area contributed by atoms with Gasteiger partial charge >= 0.3 is 0 Å². The zero-order valence-electron chi connectivity index (χ0n) is 12.0. The Morgan fingerprint density at radius 3 is 2.00 bits per heavy atom. The molecule has 0 amide bonds. The van der Waals surface area contributed by atoms with E-state index in [1.165, 1.54) is 0 Å². The Morgan fingerprint density at radius 2 is 1.71 bits per heavy atom. The van der Waals surface area contributed by atoms with Crippen LogP contribution in [0.25, 0.3) is 0 Å². The monoisotopic (exact) mass is 237 g/mol. The van der Waals surface area contributed by atoms with Crippen molar-refractivity contribution in [1.29, 1.82) is 5.26 Å². The fraction of sp³-hybridized carbons (Fsp3) is 0.933. The summed E-state index contributed by atoms with van der Waals surface area (Å²) in [4.78, 5) is 0. The van der Waals surface area contributed by atoms with E-state index in [-0.39, 0.29) is 5.92 Å². The molecule has 1 atom stereocenters. The van der Waals surface area contributed by atoms with Gasteiger partial charge in [0.1, 0.15) is 0 Å². The normalized spacial score (nSPS) is 32.2. The van der Waals surface area contributed by atoms with Gasteiger partial charge in [-0.3, -0.25) is 0 Å². The number of rotatable bonds is 2. The van der Waals surface area contributed by atoms with Crippen molar-refractivity contribution in [1.82, 2.24) is 0 Å². The second kappa shape index (κ2) is 4.98. The fourth-order valence-electron chi connectivity index (χ4n) is 3.11. The molecule has 0 radical (unpaired) electrons. The van der Waals surface area contributed by atoms with Gasteiger partial charge in [0.05, 0.1) is 17.6 Å². The maximum Gasteiger partial charge on any atom is 0.0835 e. The molecule has 98 valence electrons. The van der Waals surface area contributed by atoms with Crippen LogP contribution in [-0.2, 0) is 0 Å². The largest absolute Gasteiger partial charge is 0.391 e. The SMILES string of the molecule is CC(C)C(O)C1(C#N)CCC(C(C)(C)C)CC1. The summed E-state index contributed by atoms with van der Waals surface area (Å²) in [5.74, 6) is 0.851. The van der Waals surface area contributed by atoms with Gasteiger partial charge in [0.15, 0.2) is 0 Å². The lowest BCUT2D eigenvalue weighted by Crippen LogP contribution is -2.42. The second-order valence-corrected chi connectivity index (χ2v) is 7.10. The van der Waals surface area contributed by atoms with E-state index >= 15 is 0 Å². The molecule has 1 aliphatic carbocycles. The van der Waals surface area contributed by atoms with Crippen LogP contribution in [0, 0.1) is 34.0 Å². The minimum Gasteiger partial charge on any atom is -0.391 e. The highest BCUT2D eigenvalue weighted by molar-refractivity contribution is 5.07. The van der Waals surface area contributed by atoms with E-state index in [1.54, 1.807) is 0 Å². The van der Waals surface area contributed by atoms with Crippen LogP contribution in [0.1, 0.15) is 60.3 Å². The third-order valence-corrected chi connectivity index (χ3v) is 4.52. The van der Waals surface area contributed by atoms with Crippen LogP contribution < -0.4 is 0 Å². The zero-order chi connectivity index (χ0) is 13.3. The van der Waals surface area contributed by atoms with Crippen molar-refractivity contribution in [3.8, 4) is 6.07 Å². The highest BCUT2D eigenvalue weighted by Crippen LogP contribution is 2.47. The first-order chi connectivity index (χ1) is 7.73. The van der Waals surface area contributed by atoms with E-state index in [0.29, 0.717) is 11.3 Å². The number of hydrogen-bond donors (Lipinski definition) is 1. The lowest BCUT2D eigenvalue weighted by atomic mass is 9.61. The second-order valence-electron chi connectivity index (χ2n) is 7.10. The quantitative estimate of drug-likeness (QED) is 0.795. The van der Waals surface area contributed by atoms with E-state index in [4.69, 9.17) is 0 Å². The summed E-state index contributed by atoms with van der Waals surface area (Å²) in [5, 5.41) is 19.7. The maximum atomic E-state index is 10.3. The smallest absolute Gasteiger partial charge is 0.0835 e. The molecule has 1 aliphatic rings. The Hall–Kier alpha value is -0.550. The van der Waals surface area contributed by atoms with Crippen LogP contribution in [0.5, 0.6) is 0 Å². The molecule has 1 rings (SSSR count). The summed E-state index contributed by atoms with van der Waals surface area (Å²) in [6.45, 7) is 10.8. The number of nitriles is 1. The van der Waals surface area contributed by atoms with Crippen LogP contribution >= 0.6 is 0 Å². The van der Waals surface area contributed by atoms with E-state index in [2.05, 4.69) is 26.8 Å². The van der Waals surface area contributed by atoms with Gasteiger partial charge in [-0.05, 0) is 42.9 Å². The van der Waals surface area contributed by atoms with E-state index in [0.717, 1.165) is 25.7 Å². The minimum absolute atomic E-state index is 0.167. The maximum absolute atomic E-state index is 10.3. The molecule has 0 heterocycles. The van der Waals surface area contributed by atoms with Crippen LogP contribution in [0.15, 0.2) is 0 Å². The predicted molar refractivity (Wildman–Crippen MR) is 70.3 cm³/mol. The molecule has 2 heteroatoms. The summed E-state index contributed by atoms with van der Waals surface area (Å²) in [7, 11) is 0. The Labute approximate surface area is 106 Å². The first-order valence-electron chi connectivity index (χ1n) is 6.82. The molecule has 0 aromatic heterocycles. The Bertz CT molecular complexity index is 287. The molecule has 17 heavy (non-hydrogen) atoms. The molecular weight excluding hydrogens is 210 g/mol. The average Bonchev–Trinajstić information content (AvgIpc) is 2.26. The minimum atomic E-state index is -0.490. The van der Waals surface area contributed by atoms with Crippen molar-refractivity contribution in [2.24, 2.45) is 22.7 Å². The highest BCUT2D eigenvalue weighted by Gasteiger charge is 2.44. The molecule has 0 aromatic carbocycles. The summed E-state index contributed by atoms with van der Waals surface area (Å²) in [6, 6.07) is 2.42. The van der Waals surface area contributed by atoms with Crippen LogP contribution in [0.4, 0.5) is 0 Å². The standard InChI is InChI=1S/C15H27NO/c1-11(2)13(17)15(10-16)8-6-12(7-9-15)14(3,4)5/h11-13,17H,6-9H2,1-5H3. The summed E-state index contributed by atoms with van der Waals surface area (Å²) in [6.07, 6.45) is 3.37. The summed E-state index contributed by atoms with van der Waals surface area (Å²) in [5.41, 5.74) is -0.166. The van der Waals surface area contributed by atoms with Crippen molar-refractivity contribution >= 4 is 0 Å². The zero-order valence-corrected chi connectivity index (χ0v) is 12.0. The van der Waals surface area contributed by atoms with Gasteiger partial charge < -0.3 is 5.11 Å². The first-order valence-corrected chi connectivity index (χ1v) is 6.82. The molecule has 1 N–H and O–H groups in total. The van der Waals surface area contributed by atoms with Crippen LogP contribution in [0.3, 0.4) is 0 Å². The predicted octanol–water partition coefficient (Wildman–Crippen LogP) is 3.75. The Morgan fingerprint density at radius 1 is 1.24 bits per heavy atom. The molecule has 1 fully saturated rings. The van der Waals surface area contributed by atoms with Crippen molar-refractivity contribution in [2.75, 3.05) is 0 Å². The van der Waals surface area contributed by atoms with Gasteiger partial charge in [0, 0.05) is 0 Å². The number of hydrogen-bond acceptors (Lipinski definition) is 2. The average molecular weight is 237 g/mol. The van der Waals surface area contributed by atoms with Crippen molar-refractivity contribution in [2.45, 2.75) is 66.4 Å². The molecule has 0 saturated heterocycles. The molecule has 0 bridgehead atoms. The summed E-state index contributed by atoms with van der Waals surface area (Å²) < 4.78 is 0. The third kappa shape index (κ3) is 3.01. The third-order valence-electron chi connectivity index (χ3n) is 4.52. The van der Waals surface area contributed by atoms with Gasteiger partial charge in [-0.2, -0.15) is 5.26 Å². The molecular formula is C15H27NO. The lowest BCUT2D eigenvalue weighted by molar-refractivity contribution is -0.0166. The topological polar surface area (TPSA) is 44.0 Å². The van der Waals surface area contributed by atoms with Gasteiger partial charge in [-0.15, -0.1) is 0 Å². The lowest BCUT2D eigenvalue weighted by Gasteiger charge is -2.43. The van der Waals surface area contributed by atoms with Gasteiger partial charge in [-0.25, -0.2) is 0 Å². The van der Waals surface area contributed by atoms with E-state index in [1.807, 2.05) is 13.8 Å². The van der Waals surface area contributed by atoms with Gasteiger partial charge in [0.2, 0.25) is 0 Å². The summed E-state index contributed by atoms with van der Waals surface area (Å²) >= 11 is 0. The Balaban J connectivity index is 2.74.